The van der Waals surface area contributed by atoms with Crippen LogP contribution in [0.5, 0.6) is 0 Å². The molecule has 3 heterocycles. The van der Waals surface area contributed by atoms with Gasteiger partial charge in [0.2, 0.25) is 5.95 Å². The molecule has 0 aliphatic heterocycles. The third-order valence-electron chi connectivity index (χ3n) is 7.68. The number of rotatable bonds is 7. The van der Waals surface area contributed by atoms with Crippen molar-refractivity contribution in [1.29, 1.82) is 0 Å². The van der Waals surface area contributed by atoms with Gasteiger partial charge in [-0.15, -0.1) is 0 Å². The number of aryl methyl sites for hydroxylation is 2. The van der Waals surface area contributed by atoms with E-state index in [1.807, 2.05) is 56.3 Å². The third-order valence-corrected chi connectivity index (χ3v) is 7.99. The summed E-state index contributed by atoms with van der Waals surface area (Å²) in [7, 11) is 4.33. The minimum atomic E-state index is -0.116. The summed E-state index contributed by atoms with van der Waals surface area (Å²) in [5.74, 6) is 1.18. The predicted octanol–water partition coefficient (Wildman–Crippen LogP) is 6.03. The number of nitrogens with zero attached hydrogens (tertiary/aromatic N) is 5. The molecule has 0 spiro atoms. The number of aromatic nitrogens is 4. The molecule has 1 fully saturated rings. The zero-order valence-electron chi connectivity index (χ0n) is 22.5. The molecule has 0 unspecified atom stereocenters. The molecule has 0 bridgehead atoms. The van der Waals surface area contributed by atoms with Crippen LogP contribution in [0.4, 0.5) is 5.95 Å². The number of hydrogen-bond donors (Lipinski definition) is 1. The van der Waals surface area contributed by atoms with E-state index in [1.54, 1.807) is 10.8 Å². The molecule has 8 heteroatoms. The van der Waals surface area contributed by atoms with E-state index in [2.05, 4.69) is 34.3 Å². The van der Waals surface area contributed by atoms with Crippen LogP contribution in [-0.2, 0) is 6.54 Å². The SMILES string of the molecule is CCn1c(=O)c(-c2ccc(-c3cccc(C)n3)cc2Cl)cc2cnc(NCC3CCC(N(C)C)CC3)nc21. The molecular formula is C30H35ClN6O. The van der Waals surface area contributed by atoms with Crippen molar-refractivity contribution >= 4 is 28.6 Å². The molecular weight excluding hydrogens is 496 g/mol. The third kappa shape index (κ3) is 5.45. The molecule has 38 heavy (non-hydrogen) atoms. The number of hydrogen-bond acceptors (Lipinski definition) is 6. The average molecular weight is 531 g/mol. The molecule has 1 aliphatic rings. The van der Waals surface area contributed by atoms with Crippen molar-refractivity contribution in [3.05, 3.63) is 69.7 Å². The van der Waals surface area contributed by atoms with Gasteiger partial charge in [-0.05, 0) is 83.8 Å². The Morgan fingerprint density at radius 3 is 2.53 bits per heavy atom. The van der Waals surface area contributed by atoms with Crippen molar-refractivity contribution in [2.24, 2.45) is 5.92 Å². The van der Waals surface area contributed by atoms with Crippen LogP contribution >= 0.6 is 11.6 Å². The Labute approximate surface area is 228 Å². The Kier molecular flexibility index (Phi) is 7.77. The Bertz CT molecular complexity index is 1510. The first-order chi connectivity index (χ1) is 18.3. The maximum Gasteiger partial charge on any atom is 0.260 e. The molecule has 198 valence electrons. The predicted molar refractivity (Wildman–Crippen MR) is 156 cm³/mol. The topological polar surface area (TPSA) is 75.9 Å². The standard InChI is InChI=1S/C30H35ClN6O/c1-5-37-28-22(18-33-30(35-28)32-17-20-9-12-23(13-10-20)36(3)4)15-25(29(37)38)24-14-11-21(16-26(24)31)27-8-6-7-19(2)34-27/h6-8,11,14-16,18,20,23H,5,9-10,12-13,17H2,1-4H3,(H,32,33,35). The maximum absolute atomic E-state index is 13.6. The van der Waals surface area contributed by atoms with Crippen molar-refractivity contribution in [2.45, 2.75) is 52.1 Å². The molecule has 0 atom stereocenters. The molecule has 1 aliphatic carbocycles. The summed E-state index contributed by atoms with van der Waals surface area (Å²) < 4.78 is 1.70. The highest BCUT2D eigenvalue weighted by Gasteiger charge is 2.22. The lowest BCUT2D eigenvalue weighted by molar-refractivity contribution is 0.198. The Morgan fingerprint density at radius 1 is 1.05 bits per heavy atom. The van der Waals surface area contributed by atoms with Crippen LogP contribution in [0, 0.1) is 12.8 Å². The molecule has 0 amide bonds. The second-order valence-corrected chi connectivity index (χ2v) is 10.9. The maximum atomic E-state index is 13.6. The zero-order valence-corrected chi connectivity index (χ0v) is 23.3. The van der Waals surface area contributed by atoms with Crippen LogP contribution < -0.4 is 10.9 Å². The van der Waals surface area contributed by atoms with Crippen LogP contribution in [0.2, 0.25) is 5.02 Å². The Morgan fingerprint density at radius 2 is 1.84 bits per heavy atom. The molecule has 0 saturated heterocycles. The van der Waals surface area contributed by atoms with E-state index in [9.17, 15) is 4.79 Å². The van der Waals surface area contributed by atoms with Gasteiger partial charge in [-0.2, -0.15) is 4.98 Å². The number of fused-ring (bicyclic) bond motifs is 1. The first-order valence-electron chi connectivity index (χ1n) is 13.4. The van der Waals surface area contributed by atoms with E-state index in [0.717, 1.165) is 28.9 Å². The summed E-state index contributed by atoms with van der Waals surface area (Å²) in [5, 5.41) is 4.74. The summed E-state index contributed by atoms with van der Waals surface area (Å²) in [4.78, 5) is 29.8. The van der Waals surface area contributed by atoms with Gasteiger partial charge in [0.15, 0.2) is 0 Å². The quantitative estimate of drug-likeness (QED) is 0.314. The minimum Gasteiger partial charge on any atom is -0.354 e. The fraction of sp³-hybridized carbons (Fsp3) is 0.400. The fourth-order valence-corrected chi connectivity index (χ4v) is 5.71. The highest BCUT2D eigenvalue weighted by molar-refractivity contribution is 6.33. The van der Waals surface area contributed by atoms with Gasteiger partial charge in [-0.3, -0.25) is 14.3 Å². The van der Waals surface area contributed by atoms with E-state index in [-0.39, 0.29) is 5.56 Å². The molecule has 1 N–H and O–H groups in total. The first-order valence-corrected chi connectivity index (χ1v) is 13.8. The van der Waals surface area contributed by atoms with E-state index in [1.165, 1.54) is 25.7 Å². The molecule has 3 aromatic heterocycles. The van der Waals surface area contributed by atoms with E-state index < -0.39 is 0 Å². The number of nitrogens with one attached hydrogen (secondary N) is 1. The van der Waals surface area contributed by atoms with E-state index in [0.29, 0.717) is 46.2 Å². The van der Waals surface area contributed by atoms with Gasteiger partial charge in [0, 0.05) is 58.1 Å². The summed E-state index contributed by atoms with van der Waals surface area (Å²) in [6.07, 6.45) is 6.64. The van der Waals surface area contributed by atoms with Gasteiger partial charge in [0.1, 0.15) is 5.65 Å². The van der Waals surface area contributed by atoms with Crippen LogP contribution in [-0.4, -0.2) is 51.1 Å². The smallest absolute Gasteiger partial charge is 0.260 e. The van der Waals surface area contributed by atoms with Gasteiger partial charge in [-0.25, -0.2) is 4.98 Å². The van der Waals surface area contributed by atoms with Gasteiger partial charge in [0.25, 0.3) is 5.56 Å². The molecule has 7 nitrogen and oxygen atoms in total. The lowest BCUT2D eigenvalue weighted by Gasteiger charge is -2.32. The van der Waals surface area contributed by atoms with Crippen molar-refractivity contribution in [3.8, 4) is 22.4 Å². The van der Waals surface area contributed by atoms with Crippen molar-refractivity contribution in [1.82, 2.24) is 24.4 Å². The van der Waals surface area contributed by atoms with E-state index in [4.69, 9.17) is 16.6 Å². The molecule has 5 rings (SSSR count). The van der Waals surface area contributed by atoms with Crippen LogP contribution in [0.1, 0.15) is 38.3 Å². The summed E-state index contributed by atoms with van der Waals surface area (Å²) in [6.45, 7) is 5.26. The second-order valence-electron chi connectivity index (χ2n) is 10.5. The van der Waals surface area contributed by atoms with Crippen molar-refractivity contribution < 1.29 is 0 Å². The van der Waals surface area contributed by atoms with Crippen LogP contribution in [0.15, 0.2) is 53.5 Å². The lowest BCUT2D eigenvalue weighted by Crippen LogP contribution is -2.33. The fourth-order valence-electron chi connectivity index (χ4n) is 5.43. The minimum absolute atomic E-state index is 0.116. The molecule has 1 saturated carbocycles. The monoisotopic (exact) mass is 530 g/mol. The highest BCUT2D eigenvalue weighted by atomic mass is 35.5. The summed E-state index contributed by atoms with van der Waals surface area (Å²) >= 11 is 6.72. The highest BCUT2D eigenvalue weighted by Crippen LogP contribution is 2.32. The largest absolute Gasteiger partial charge is 0.354 e. The Balaban J connectivity index is 1.40. The van der Waals surface area contributed by atoms with Crippen LogP contribution in [0.25, 0.3) is 33.4 Å². The van der Waals surface area contributed by atoms with Gasteiger partial charge in [-0.1, -0.05) is 29.8 Å². The summed E-state index contributed by atoms with van der Waals surface area (Å²) in [6, 6.07) is 14.1. The van der Waals surface area contributed by atoms with Gasteiger partial charge < -0.3 is 10.2 Å². The average Bonchev–Trinajstić information content (AvgIpc) is 2.92. The number of pyridine rings is 2. The van der Waals surface area contributed by atoms with Crippen LogP contribution in [0.3, 0.4) is 0 Å². The summed E-state index contributed by atoms with van der Waals surface area (Å²) in [5.41, 5.74) is 4.44. The molecule has 1 aromatic carbocycles. The van der Waals surface area contributed by atoms with Gasteiger partial charge in [0.05, 0.1) is 5.69 Å². The second kappa shape index (κ2) is 11.2. The van der Waals surface area contributed by atoms with E-state index >= 15 is 0 Å². The zero-order chi connectivity index (χ0) is 26.8. The number of halogens is 1. The molecule has 0 radical (unpaired) electrons. The first kappa shape index (κ1) is 26.3. The number of anilines is 1. The molecule has 4 aromatic rings. The normalized spacial score (nSPS) is 17.7. The number of benzene rings is 1. The van der Waals surface area contributed by atoms with Crippen molar-refractivity contribution in [3.63, 3.8) is 0 Å². The lowest BCUT2D eigenvalue weighted by atomic mass is 9.85. The van der Waals surface area contributed by atoms with Gasteiger partial charge >= 0.3 is 0 Å². The Hall–Kier alpha value is -3.29. The van der Waals surface area contributed by atoms with Crippen molar-refractivity contribution in [2.75, 3.05) is 26.0 Å².